The lowest BCUT2D eigenvalue weighted by atomic mass is 9.99. The third kappa shape index (κ3) is 2.20. The van der Waals surface area contributed by atoms with Crippen LogP contribution in [0.3, 0.4) is 0 Å². The average molecular weight is 288 g/mol. The number of carbonyl (C=O) groups is 1. The normalized spacial score (nSPS) is 15.8. The predicted molar refractivity (Wildman–Crippen MR) is 79.9 cm³/mol. The minimum absolute atomic E-state index is 0.155. The van der Waals surface area contributed by atoms with E-state index in [0.717, 1.165) is 28.2 Å². The maximum absolute atomic E-state index is 11.1. The molecule has 104 valence electrons. The van der Waals surface area contributed by atoms with Gasteiger partial charge in [-0.3, -0.25) is 0 Å². The Morgan fingerprint density at radius 2 is 2.10 bits per heavy atom. The second-order valence-corrected chi connectivity index (χ2v) is 6.84. The van der Waals surface area contributed by atoms with Gasteiger partial charge in [-0.1, -0.05) is 0 Å². The number of carboxylic acids is 1. The molecule has 1 aromatic carbocycles. The van der Waals surface area contributed by atoms with Crippen LogP contribution in [0.15, 0.2) is 24.3 Å². The van der Waals surface area contributed by atoms with Gasteiger partial charge in [0.2, 0.25) is 0 Å². The molecule has 1 aliphatic rings. The molecular weight excluding hydrogens is 272 g/mol. The van der Waals surface area contributed by atoms with E-state index >= 15 is 0 Å². The molecule has 0 saturated carbocycles. The number of fused-ring (bicyclic) bond motifs is 1. The van der Waals surface area contributed by atoms with E-state index in [9.17, 15) is 4.79 Å². The van der Waals surface area contributed by atoms with E-state index < -0.39 is 5.97 Å². The lowest BCUT2D eigenvalue weighted by Crippen LogP contribution is -2.24. The summed E-state index contributed by atoms with van der Waals surface area (Å²) in [6.45, 7) is 6.10. The minimum atomic E-state index is -0.866. The van der Waals surface area contributed by atoms with Crippen molar-refractivity contribution in [3.63, 3.8) is 0 Å². The Balaban J connectivity index is 2.03. The lowest BCUT2D eigenvalue weighted by molar-refractivity contribution is 0.0702. The Kier molecular flexibility index (Phi) is 2.87. The topological polar surface area (TPSA) is 46.5 Å². The third-order valence-electron chi connectivity index (χ3n) is 3.45. The van der Waals surface area contributed by atoms with E-state index in [1.807, 2.05) is 19.1 Å². The van der Waals surface area contributed by atoms with Gasteiger partial charge in [0, 0.05) is 11.3 Å². The van der Waals surface area contributed by atoms with Crippen LogP contribution in [0.2, 0.25) is 0 Å². The number of hydrogen-bond acceptors (Lipinski definition) is 3. The zero-order valence-corrected chi connectivity index (χ0v) is 12.5. The third-order valence-corrected chi connectivity index (χ3v) is 4.73. The lowest BCUT2D eigenvalue weighted by Gasteiger charge is -2.16. The van der Waals surface area contributed by atoms with Crippen LogP contribution in [-0.4, -0.2) is 16.7 Å². The van der Waals surface area contributed by atoms with Gasteiger partial charge < -0.3 is 9.84 Å². The van der Waals surface area contributed by atoms with Crippen molar-refractivity contribution in [1.29, 1.82) is 0 Å². The number of carboxylic acid groups (broad SMARTS) is 1. The highest BCUT2D eigenvalue weighted by Crippen LogP contribution is 2.39. The van der Waals surface area contributed by atoms with E-state index in [-0.39, 0.29) is 5.60 Å². The van der Waals surface area contributed by atoms with Crippen molar-refractivity contribution in [3.8, 4) is 16.2 Å². The molecule has 2 aromatic rings. The number of benzene rings is 1. The summed E-state index contributed by atoms with van der Waals surface area (Å²) < 4.78 is 5.87. The fraction of sp³-hybridized carbons (Fsp3) is 0.312. The largest absolute Gasteiger partial charge is 0.487 e. The van der Waals surface area contributed by atoms with Gasteiger partial charge in [0.05, 0.1) is 0 Å². The van der Waals surface area contributed by atoms with E-state index in [1.165, 1.54) is 16.9 Å². The van der Waals surface area contributed by atoms with E-state index in [2.05, 4.69) is 19.9 Å². The molecule has 0 atom stereocenters. The summed E-state index contributed by atoms with van der Waals surface area (Å²) in [5.41, 5.74) is 3.11. The monoisotopic (exact) mass is 288 g/mol. The summed E-state index contributed by atoms with van der Waals surface area (Å²) in [4.78, 5) is 12.5. The highest BCUT2D eigenvalue weighted by molar-refractivity contribution is 7.17. The second kappa shape index (κ2) is 4.35. The first kappa shape index (κ1) is 13.2. The van der Waals surface area contributed by atoms with E-state index in [0.29, 0.717) is 4.88 Å². The number of hydrogen-bond donors (Lipinski definition) is 1. The second-order valence-electron chi connectivity index (χ2n) is 5.79. The minimum Gasteiger partial charge on any atom is -0.487 e. The molecule has 1 aliphatic heterocycles. The average Bonchev–Trinajstić information content (AvgIpc) is 2.86. The molecule has 3 nitrogen and oxygen atoms in total. The molecular formula is C16H16O3S. The molecule has 20 heavy (non-hydrogen) atoms. The Bertz CT molecular complexity index is 698. The number of thiophene rings is 1. The van der Waals surface area contributed by atoms with Crippen molar-refractivity contribution in [2.24, 2.45) is 0 Å². The van der Waals surface area contributed by atoms with Crippen LogP contribution in [0, 0.1) is 6.92 Å². The van der Waals surface area contributed by atoms with Crippen LogP contribution in [-0.2, 0) is 6.42 Å². The smallest absolute Gasteiger partial charge is 0.345 e. The molecule has 0 amide bonds. The summed E-state index contributed by atoms with van der Waals surface area (Å²) in [6, 6.07) is 7.84. The van der Waals surface area contributed by atoms with Gasteiger partial charge in [0.1, 0.15) is 16.2 Å². The summed E-state index contributed by atoms with van der Waals surface area (Å²) in [6.07, 6.45) is 0.881. The maximum Gasteiger partial charge on any atom is 0.345 e. The first-order chi connectivity index (χ1) is 9.35. The molecule has 3 rings (SSSR count). The molecule has 0 spiro atoms. The number of rotatable bonds is 2. The molecule has 0 radical (unpaired) electrons. The van der Waals surface area contributed by atoms with E-state index in [1.54, 1.807) is 6.07 Å². The Labute approximate surface area is 121 Å². The SMILES string of the molecule is Cc1cc(C(=O)O)sc1-c1ccc2c(c1)CC(C)(C)O2. The molecule has 0 unspecified atom stereocenters. The van der Waals surface area contributed by atoms with Crippen molar-refractivity contribution in [2.45, 2.75) is 32.8 Å². The molecule has 1 aromatic heterocycles. The number of ether oxygens (including phenoxy) is 1. The number of aromatic carboxylic acids is 1. The van der Waals surface area contributed by atoms with Crippen LogP contribution >= 0.6 is 11.3 Å². The van der Waals surface area contributed by atoms with Crippen LogP contribution in [0.25, 0.3) is 10.4 Å². The highest BCUT2D eigenvalue weighted by atomic mass is 32.1. The van der Waals surface area contributed by atoms with Crippen molar-refractivity contribution < 1.29 is 14.6 Å². The summed E-state index contributed by atoms with van der Waals surface area (Å²) >= 11 is 1.33. The van der Waals surface area contributed by atoms with Crippen LogP contribution in [0.1, 0.15) is 34.6 Å². The summed E-state index contributed by atoms with van der Waals surface area (Å²) in [5, 5.41) is 9.08. The van der Waals surface area contributed by atoms with Crippen LogP contribution in [0.5, 0.6) is 5.75 Å². The first-order valence-corrected chi connectivity index (χ1v) is 7.33. The summed E-state index contributed by atoms with van der Waals surface area (Å²) in [7, 11) is 0. The zero-order valence-electron chi connectivity index (χ0n) is 11.7. The van der Waals surface area contributed by atoms with Gasteiger partial charge in [0.25, 0.3) is 0 Å². The zero-order chi connectivity index (χ0) is 14.5. The van der Waals surface area contributed by atoms with Crippen LogP contribution in [0.4, 0.5) is 0 Å². The predicted octanol–water partition coefficient (Wildman–Crippen LogP) is 4.14. The van der Waals surface area contributed by atoms with Gasteiger partial charge in [0.15, 0.2) is 0 Å². The van der Waals surface area contributed by atoms with Gasteiger partial charge in [-0.15, -0.1) is 11.3 Å². The molecule has 1 N–H and O–H groups in total. The Morgan fingerprint density at radius 1 is 1.35 bits per heavy atom. The van der Waals surface area contributed by atoms with Gasteiger partial charge in [-0.25, -0.2) is 4.79 Å². The van der Waals surface area contributed by atoms with Crippen molar-refractivity contribution in [3.05, 3.63) is 40.3 Å². The molecule has 0 bridgehead atoms. The van der Waals surface area contributed by atoms with Gasteiger partial charge in [-0.2, -0.15) is 0 Å². The Hall–Kier alpha value is -1.81. The molecule has 4 heteroatoms. The maximum atomic E-state index is 11.1. The fourth-order valence-electron chi connectivity index (χ4n) is 2.62. The van der Waals surface area contributed by atoms with Crippen molar-refractivity contribution in [1.82, 2.24) is 0 Å². The first-order valence-electron chi connectivity index (χ1n) is 6.52. The van der Waals surface area contributed by atoms with Crippen molar-refractivity contribution >= 4 is 17.3 Å². The number of aryl methyl sites for hydroxylation is 1. The van der Waals surface area contributed by atoms with Gasteiger partial charge in [-0.05, 0) is 61.7 Å². The quantitative estimate of drug-likeness (QED) is 0.903. The molecule has 0 aliphatic carbocycles. The molecule has 2 heterocycles. The van der Waals surface area contributed by atoms with Crippen LogP contribution < -0.4 is 4.74 Å². The van der Waals surface area contributed by atoms with Crippen molar-refractivity contribution in [2.75, 3.05) is 0 Å². The molecule has 0 fully saturated rings. The Morgan fingerprint density at radius 3 is 2.75 bits per heavy atom. The standard InChI is InChI=1S/C16H16O3S/c1-9-6-13(15(17)18)20-14(9)10-4-5-12-11(7-10)8-16(2,3)19-12/h4-7H,8H2,1-3H3,(H,17,18). The van der Waals surface area contributed by atoms with E-state index in [4.69, 9.17) is 9.84 Å². The van der Waals surface area contributed by atoms with Gasteiger partial charge >= 0.3 is 5.97 Å². The highest BCUT2D eigenvalue weighted by Gasteiger charge is 2.30. The fourth-order valence-corrected chi connectivity index (χ4v) is 3.63. The summed E-state index contributed by atoms with van der Waals surface area (Å²) in [5.74, 6) is 0.0707. The molecule has 0 saturated heterocycles.